The number of aryl methyl sites for hydroxylation is 2. The summed E-state index contributed by atoms with van der Waals surface area (Å²) in [5, 5.41) is 0. The summed E-state index contributed by atoms with van der Waals surface area (Å²) in [6.07, 6.45) is 6.69. The Kier molecular flexibility index (Phi) is 3.08. The molecule has 1 fully saturated rings. The van der Waals surface area contributed by atoms with Gasteiger partial charge in [0.25, 0.3) is 0 Å². The van der Waals surface area contributed by atoms with Crippen LogP contribution in [0.2, 0.25) is 0 Å². The van der Waals surface area contributed by atoms with Gasteiger partial charge < -0.3 is 0 Å². The van der Waals surface area contributed by atoms with Crippen LogP contribution in [0.3, 0.4) is 0 Å². The van der Waals surface area contributed by atoms with Crippen LogP contribution in [0.25, 0.3) is 0 Å². The highest BCUT2D eigenvalue weighted by atomic mass is 14.5. The summed E-state index contributed by atoms with van der Waals surface area (Å²) in [6.45, 7) is 11.3. The number of fused-ring (bicyclic) bond motifs is 3. The Balaban J connectivity index is 2.08. The third-order valence-corrected chi connectivity index (χ3v) is 5.75. The summed E-state index contributed by atoms with van der Waals surface area (Å²) < 4.78 is 0. The van der Waals surface area contributed by atoms with Crippen LogP contribution in [0.5, 0.6) is 0 Å². The van der Waals surface area contributed by atoms with Gasteiger partial charge in [0, 0.05) is 0 Å². The number of benzene rings is 1. The molecule has 0 N–H and O–H groups in total. The van der Waals surface area contributed by atoms with Crippen LogP contribution in [-0.4, -0.2) is 0 Å². The maximum atomic E-state index is 4.27. The predicted octanol–water partition coefficient (Wildman–Crippen LogP) is 5.19. The Morgan fingerprint density at radius 3 is 2.84 bits per heavy atom. The predicted molar refractivity (Wildman–Crippen MR) is 82.5 cm³/mol. The summed E-state index contributed by atoms with van der Waals surface area (Å²) in [7, 11) is 0. The van der Waals surface area contributed by atoms with E-state index in [2.05, 4.69) is 45.5 Å². The summed E-state index contributed by atoms with van der Waals surface area (Å²) in [6, 6.07) is 7.11. The molecule has 0 heterocycles. The van der Waals surface area contributed by atoms with Gasteiger partial charge in [0.1, 0.15) is 0 Å². The van der Waals surface area contributed by atoms with Gasteiger partial charge in [-0.3, -0.25) is 0 Å². The lowest BCUT2D eigenvalue weighted by atomic mass is 9.54. The molecule has 0 aromatic heterocycles. The molecule has 0 spiro atoms. The monoisotopic (exact) mass is 254 g/mol. The van der Waals surface area contributed by atoms with Gasteiger partial charge in [-0.2, -0.15) is 0 Å². The fraction of sp³-hybridized carbons (Fsp3) is 0.579. The zero-order chi connectivity index (χ0) is 13.6. The molecule has 3 atom stereocenters. The standard InChI is InChI=1S/C19H26/c1-13(2)16-6-5-11-19(4)17(16)10-9-15-8-7-14(3)12-18(15)19/h7-8,12,16-17H,1,5-6,9-11H2,2-4H3. The van der Waals surface area contributed by atoms with E-state index in [0.29, 0.717) is 5.41 Å². The average molecular weight is 254 g/mol. The topological polar surface area (TPSA) is 0 Å². The third kappa shape index (κ3) is 1.96. The van der Waals surface area contributed by atoms with Crippen molar-refractivity contribution in [2.24, 2.45) is 11.8 Å². The molecular formula is C19H26. The van der Waals surface area contributed by atoms with Crippen LogP contribution in [0.1, 0.15) is 56.2 Å². The minimum Gasteiger partial charge on any atom is -0.0998 e. The lowest BCUT2D eigenvalue weighted by Gasteiger charge is -2.50. The van der Waals surface area contributed by atoms with Crippen molar-refractivity contribution >= 4 is 0 Å². The van der Waals surface area contributed by atoms with Gasteiger partial charge in [-0.05, 0) is 67.9 Å². The SMILES string of the molecule is C=C(C)C1CCCC2(C)c3cc(C)ccc3CCC12. The Bertz CT molecular complexity index is 511. The first kappa shape index (κ1) is 13.0. The molecule has 0 radical (unpaired) electrons. The normalized spacial score (nSPS) is 33.4. The van der Waals surface area contributed by atoms with Crippen molar-refractivity contribution in [3.05, 3.63) is 47.0 Å². The van der Waals surface area contributed by atoms with E-state index in [4.69, 9.17) is 0 Å². The van der Waals surface area contributed by atoms with Gasteiger partial charge >= 0.3 is 0 Å². The van der Waals surface area contributed by atoms with E-state index in [1.807, 2.05) is 0 Å². The van der Waals surface area contributed by atoms with Gasteiger partial charge in [0.15, 0.2) is 0 Å². The van der Waals surface area contributed by atoms with Crippen LogP contribution in [-0.2, 0) is 11.8 Å². The van der Waals surface area contributed by atoms with Gasteiger partial charge in [-0.1, -0.05) is 49.3 Å². The first-order valence-electron chi connectivity index (χ1n) is 7.78. The zero-order valence-corrected chi connectivity index (χ0v) is 12.6. The number of hydrogen-bond donors (Lipinski definition) is 0. The van der Waals surface area contributed by atoms with E-state index in [1.165, 1.54) is 43.2 Å². The molecule has 0 aliphatic heterocycles. The van der Waals surface area contributed by atoms with Crippen molar-refractivity contribution in [2.75, 3.05) is 0 Å². The fourth-order valence-electron chi connectivity index (χ4n) is 4.71. The second kappa shape index (κ2) is 4.51. The Hall–Kier alpha value is -1.04. The van der Waals surface area contributed by atoms with E-state index in [-0.39, 0.29) is 0 Å². The van der Waals surface area contributed by atoms with E-state index in [0.717, 1.165) is 11.8 Å². The van der Waals surface area contributed by atoms with Crippen LogP contribution in [0.4, 0.5) is 0 Å². The molecule has 19 heavy (non-hydrogen) atoms. The van der Waals surface area contributed by atoms with Crippen molar-refractivity contribution in [2.45, 2.75) is 58.3 Å². The molecule has 1 aromatic rings. The highest BCUT2D eigenvalue weighted by Gasteiger charge is 2.46. The maximum Gasteiger partial charge on any atom is -0.00384 e. The molecule has 0 amide bonds. The summed E-state index contributed by atoms with van der Waals surface area (Å²) in [5.41, 5.74) is 6.47. The van der Waals surface area contributed by atoms with Gasteiger partial charge in [0.2, 0.25) is 0 Å². The molecule has 0 heteroatoms. The van der Waals surface area contributed by atoms with Crippen molar-refractivity contribution < 1.29 is 0 Å². The smallest absolute Gasteiger partial charge is 0.00384 e. The average Bonchev–Trinajstić information content (AvgIpc) is 2.37. The zero-order valence-electron chi connectivity index (χ0n) is 12.6. The molecule has 102 valence electrons. The van der Waals surface area contributed by atoms with E-state index < -0.39 is 0 Å². The van der Waals surface area contributed by atoms with Crippen LogP contribution < -0.4 is 0 Å². The third-order valence-electron chi connectivity index (χ3n) is 5.75. The van der Waals surface area contributed by atoms with Crippen LogP contribution in [0, 0.1) is 18.8 Å². The van der Waals surface area contributed by atoms with E-state index in [9.17, 15) is 0 Å². The first-order chi connectivity index (χ1) is 9.02. The summed E-state index contributed by atoms with van der Waals surface area (Å²) >= 11 is 0. The van der Waals surface area contributed by atoms with Crippen molar-refractivity contribution in [1.82, 2.24) is 0 Å². The molecule has 1 aromatic carbocycles. The lowest BCUT2D eigenvalue weighted by Crippen LogP contribution is -2.44. The van der Waals surface area contributed by atoms with Gasteiger partial charge in [-0.15, -0.1) is 0 Å². The highest BCUT2D eigenvalue weighted by molar-refractivity contribution is 5.41. The highest BCUT2D eigenvalue weighted by Crippen LogP contribution is 2.53. The number of hydrogen-bond acceptors (Lipinski definition) is 0. The number of rotatable bonds is 1. The second-order valence-electron chi connectivity index (χ2n) is 7.07. The quantitative estimate of drug-likeness (QED) is 0.605. The molecule has 1 saturated carbocycles. The maximum absolute atomic E-state index is 4.27. The summed E-state index contributed by atoms with van der Waals surface area (Å²) in [5.74, 6) is 1.56. The molecule has 0 saturated heterocycles. The molecule has 3 rings (SSSR count). The molecule has 2 aliphatic carbocycles. The fourth-order valence-corrected chi connectivity index (χ4v) is 4.71. The van der Waals surface area contributed by atoms with Crippen molar-refractivity contribution in [1.29, 1.82) is 0 Å². The van der Waals surface area contributed by atoms with Crippen LogP contribution in [0.15, 0.2) is 30.4 Å². The molecule has 2 aliphatic rings. The molecule has 0 nitrogen and oxygen atoms in total. The lowest BCUT2D eigenvalue weighted by molar-refractivity contribution is 0.127. The van der Waals surface area contributed by atoms with E-state index in [1.54, 1.807) is 11.1 Å². The van der Waals surface area contributed by atoms with Gasteiger partial charge in [-0.25, -0.2) is 0 Å². The Morgan fingerprint density at radius 1 is 1.32 bits per heavy atom. The molecule has 0 bridgehead atoms. The molecular weight excluding hydrogens is 228 g/mol. The number of allylic oxidation sites excluding steroid dienone is 1. The first-order valence-corrected chi connectivity index (χ1v) is 7.78. The van der Waals surface area contributed by atoms with E-state index >= 15 is 0 Å². The largest absolute Gasteiger partial charge is 0.0998 e. The second-order valence-corrected chi connectivity index (χ2v) is 7.07. The molecule has 3 unspecified atom stereocenters. The minimum atomic E-state index is 0.390. The Labute approximate surface area is 117 Å². The minimum absolute atomic E-state index is 0.390. The van der Waals surface area contributed by atoms with Gasteiger partial charge in [0.05, 0.1) is 0 Å². The Morgan fingerprint density at radius 2 is 2.11 bits per heavy atom. The summed E-state index contributed by atoms with van der Waals surface area (Å²) in [4.78, 5) is 0. The van der Waals surface area contributed by atoms with Crippen molar-refractivity contribution in [3.8, 4) is 0 Å². The van der Waals surface area contributed by atoms with Crippen LogP contribution >= 0.6 is 0 Å². The van der Waals surface area contributed by atoms with Crippen molar-refractivity contribution in [3.63, 3.8) is 0 Å².